The fourth-order valence-electron chi connectivity index (χ4n) is 6.00. The Morgan fingerprint density at radius 1 is 0.568 bits per heavy atom. The molecule has 196 valence electrons. The molecule has 0 amide bonds. The van der Waals surface area contributed by atoms with Gasteiger partial charge in [0.15, 0.2) is 0 Å². The van der Waals surface area contributed by atoms with Crippen LogP contribution in [-0.2, 0) is 21.1 Å². The Morgan fingerprint density at radius 2 is 0.919 bits per heavy atom. The Hall–Kier alpha value is -2.52. The topological polar surface area (TPSA) is 36.9 Å². The summed E-state index contributed by atoms with van der Waals surface area (Å²) in [5.41, 5.74) is 7.82. The summed E-state index contributed by atoms with van der Waals surface area (Å²) in [6.07, 6.45) is 4.81. The molecule has 2 aliphatic carbocycles. The fraction of sp³-hybridized carbons (Fsp3) is 0.375. The summed E-state index contributed by atoms with van der Waals surface area (Å²) in [4.78, 5) is 0. The van der Waals surface area contributed by atoms with Crippen molar-refractivity contribution in [2.45, 2.75) is 61.6 Å². The van der Waals surface area contributed by atoms with Crippen LogP contribution in [0.25, 0.3) is 0 Å². The predicted molar refractivity (Wildman–Crippen MR) is 148 cm³/mol. The first-order valence-corrected chi connectivity index (χ1v) is 17.3. The fourth-order valence-corrected chi connectivity index (χ4v) is 18.4. The molecule has 0 bridgehead atoms. The van der Waals surface area contributed by atoms with E-state index in [1.165, 1.54) is 33.4 Å². The van der Waals surface area contributed by atoms with E-state index in [0.29, 0.717) is 0 Å². The van der Waals surface area contributed by atoms with E-state index in [2.05, 4.69) is 67.5 Å². The van der Waals surface area contributed by atoms with Crippen LogP contribution < -0.4 is 15.1 Å². The van der Waals surface area contributed by atoms with Crippen LogP contribution >= 0.6 is 0 Å². The van der Waals surface area contributed by atoms with E-state index in [1.807, 2.05) is 48.5 Å². The molecule has 4 rings (SSSR count). The third kappa shape index (κ3) is 4.34. The molecular weight excluding hydrogens is 540 g/mol. The number of hydrogen-bond donors (Lipinski definition) is 0. The summed E-state index contributed by atoms with van der Waals surface area (Å²) < 4.78 is 25.2. The summed E-state index contributed by atoms with van der Waals surface area (Å²) >= 11 is -4.54. The standard InChI is InChI=1S/2C9H13.2C7H8O2.Zr/c2*1-6-5-7(2)9(4)8(6)3;2*1-9-7-4-2-3-6(8)5-7;/h2*5H,1-4H3;2*2-5,8H,1H3;/q;;;;+2/p-2. The molecule has 0 saturated carbocycles. The normalized spacial score (nSPS) is 23.7. The molecule has 2 atom stereocenters. The monoisotopic (exact) mass is 578 g/mol. The van der Waals surface area contributed by atoms with Gasteiger partial charge in [-0.3, -0.25) is 0 Å². The number of hydrogen-bond acceptors (Lipinski definition) is 4. The van der Waals surface area contributed by atoms with Gasteiger partial charge in [0.1, 0.15) is 0 Å². The van der Waals surface area contributed by atoms with Crippen LogP contribution in [0, 0.1) is 0 Å². The Morgan fingerprint density at radius 3 is 1.22 bits per heavy atom. The average molecular weight is 580 g/mol. The summed E-state index contributed by atoms with van der Waals surface area (Å²) in [5, 5.41) is 0. The second-order valence-electron chi connectivity index (χ2n) is 10.7. The van der Waals surface area contributed by atoms with E-state index < -0.39 is 27.4 Å². The Labute approximate surface area is 228 Å². The molecule has 0 N–H and O–H groups in total. The molecule has 2 unspecified atom stereocenters. The molecule has 0 aliphatic heterocycles. The molecule has 4 nitrogen and oxygen atoms in total. The number of allylic oxidation sites excluding steroid dienone is 8. The maximum atomic E-state index is 7.44. The van der Waals surface area contributed by atoms with E-state index in [1.54, 1.807) is 14.2 Å². The quantitative estimate of drug-likeness (QED) is 0.313. The molecule has 5 heteroatoms. The van der Waals surface area contributed by atoms with Crippen LogP contribution in [0.1, 0.15) is 55.4 Å². The van der Waals surface area contributed by atoms with E-state index in [-0.39, 0.29) is 0 Å². The first-order valence-electron chi connectivity index (χ1n) is 12.8. The molecule has 0 heterocycles. The summed E-state index contributed by atoms with van der Waals surface area (Å²) in [6.45, 7) is 18.0. The van der Waals surface area contributed by atoms with E-state index in [0.717, 1.165) is 23.0 Å². The predicted octanol–water partition coefficient (Wildman–Crippen LogP) is 9.10. The molecular formula is C32H40O4Zr. The molecule has 0 fully saturated rings. The van der Waals surface area contributed by atoms with Crippen molar-refractivity contribution in [1.82, 2.24) is 0 Å². The van der Waals surface area contributed by atoms with E-state index in [4.69, 9.17) is 15.1 Å². The van der Waals surface area contributed by atoms with Gasteiger partial charge in [0, 0.05) is 0 Å². The van der Waals surface area contributed by atoms with Crippen molar-refractivity contribution < 1.29 is 36.2 Å². The zero-order valence-electron chi connectivity index (χ0n) is 23.9. The van der Waals surface area contributed by atoms with Gasteiger partial charge in [-0.1, -0.05) is 0 Å². The second kappa shape index (κ2) is 9.99. The van der Waals surface area contributed by atoms with Crippen molar-refractivity contribution in [2.75, 3.05) is 14.2 Å². The number of benzene rings is 2. The minimum absolute atomic E-state index is 0.396. The van der Waals surface area contributed by atoms with E-state index >= 15 is 0 Å². The van der Waals surface area contributed by atoms with Gasteiger partial charge >= 0.3 is 229 Å². The van der Waals surface area contributed by atoms with E-state index in [9.17, 15) is 0 Å². The zero-order chi connectivity index (χ0) is 27.2. The minimum atomic E-state index is -4.54. The SMILES string of the molecule is COc1cccc([O][Zr]([O]c2cccc(OC)c2)([C]2(C)C=C(C)C(C)=C2C)[C]2(C)C=C(C)C(C)=C2C)c1. The average Bonchev–Trinajstić information content (AvgIpc) is 3.22. The number of rotatable bonds is 8. The van der Waals surface area contributed by atoms with Crippen LogP contribution in [0.4, 0.5) is 0 Å². The van der Waals surface area contributed by atoms with Gasteiger partial charge in [-0.25, -0.2) is 0 Å². The summed E-state index contributed by atoms with van der Waals surface area (Å²) in [5.74, 6) is 3.06. The molecule has 37 heavy (non-hydrogen) atoms. The molecule has 0 aromatic heterocycles. The molecule has 2 aliphatic rings. The van der Waals surface area contributed by atoms with Crippen LogP contribution in [-0.4, -0.2) is 14.2 Å². The van der Waals surface area contributed by atoms with Crippen molar-refractivity contribution in [3.63, 3.8) is 0 Å². The van der Waals surface area contributed by atoms with Crippen LogP contribution in [0.2, 0.25) is 6.25 Å². The van der Waals surface area contributed by atoms with Crippen molar-refractivity contribution in [1.29, 1.82) is 0 Å². The van der Waals surface area contributed by atoms with Gasteiger partial charge in [-0.15, -0.1) is 0 Å². The summed E-state index contributed by atoms with van der Waals surface area (Å²) in [7, 11) is 3.37. The van der Waals surface area contributed by atoms with Crippen LogP contribution in [0.5, 0.6) is 23.0 Å². The Balaban J connectivity index is 2.08. The van der Waals surface area contributed by atoms with Gasteiger partial charge < -0.3 is 0 Å². The Kier molecular flexibility index (Phi) is 7.43. The van der Waals surface area contributed by atoms with Gasteiger partial charge in [0.25, 0.3) is 0 Å². The van der Waals surface area contributed by atoms with Crippen molar-refractivity contribution in [2.24, 2.45) is 0 Å². The van der Waals surface area contributed by atoms with Gasteiger partial charge in [-0.05, 0) is 0 Å². The molecule has 0 radical (unpaired) electrons. The number of ether oxygens (including phenoxy) is 2. The van der Waals surface area contributed by atoms with Gasteiger partial charge in [0.2, 0.25) is 0 Å². The van der Waals surface area contributed by atoms with Crippen molar-refractivity contribution in [3.8, 4) is 23.0 Å². The maximum absolute atomic E-state index is 7.44. The third-order valence-electron chi connectivity index (χ3n) is 8.85. The van der Waals surface area contributed by atoms with Crippen LogP contribution in [0.15, 0.2) is 94.1 Å². The molecule has 0 spiro atoms. The van der Waals surface area contributed by atoms with Crippen molar-refractivity contribution in [3.05, 3.63) is 94.1 Å². The second-order valence-corrected chi connectivity index (χ2v) is 19.9. The summed E-state index contributed by atoms with van der Waals surface area (Å²) in [6, 6.07) is 15.8. The van der Waals surface area contributed by atoms with Gasteiger partial charge in [0.05, 0.1) is 0 Å². The first-order chi connectivity index (χ1) is 17.4. The van der Waals surface area contributed by atoms with Gasteiger partial charge in [-0.2, -0.15) is 0 Å². The number of methoxy groups -OCH3 is 2. The molecule has 2 aromatic carbocycles. The zero-order valence-corrected chi connectivity index (χ0v) is 26.4. The Bertz CT molecular complexity index is 1240. The molecule has 0 saturated heterocycles. The molecule has 2 aromatic rings. The van der Waals surface area contributed by atoms with Crippen LogP contribution in [0.3, 0.4) is 0 Å². The first kappa shape index (κ1) is 27.5. The van der Waals surface area contributed by atoms with Crippen molar-refractivity contribution >= 4 is 0 Å². The third-order valence-corrected chi connectivity index (χ3v) is 20.7.